The van der Waals surface area contributed by atoms with E-state index in [-0.39, 0.29) is 28.9 Å². The van der Waals surface area contributed by atoms with Crippen LogP contribution in [-0.2, 0) is 20.9 Å². The highest BCUT2D eigenvalue weighted by molar-refractivity contribution is 8.17. The summed E-state index contributed by atoms with van der Waals surface area (Å²) in [5.41, 5.74) is 1.13. The van der Waals surface area contributed by atoms with E-state index >= 15 is 0 Å². The van der Waals surface area contributed by atoms with Gasteiger partial charge in [-0.05, 0) is 23.5 Å². The number of benzene rings is 1. The standard InChI is InChI=1S/C20H31NO4S2/c1-4-26-20(27-5-2)19(23-12-14-9-7-6-8-10-14)18-17(22)16-11-15(13-24-18)25-21(16)3/h6-10,15-20,22H,4-5,11-13H2,1-3H3/t15-,16+,17-,18+,19-/m1/s1. The third-order valence-corrected chi connectivity index (χ3v) is 7.71. The van der Waals surface area contributed by atoms with Gasteiger partial charge in [-0.1, -0.05) is 44.2 Å². The van der Waals surface area contributed by atoms with Crippen LogP contribution >= 0.6 is 23.5 Å². The summed E-state index contributed by atoms with van der Waals surface area (Å²) in [6, 6.07) is 10.1. The van der Waals surface area contributed by atoms with Crippen LogP contribution in [0.5, 0.6) is 0 Å². The van der Waals surface area contributed by atoms with Crippen molar-refractivity contribution < 1.29 is 19.4 Å². The van der Waals surface area contributed by atoms with Gasteiger partial charge in [-0.3, -0.25) is 4.84 Å². The molecular formula is C20H31NO4S2. The van der Waals surface area contributed by atoms with Gasteiger partial charge in [0.2, 0.25) is 0 Å². The van der Waals surface area contributed by atoms with E-state index in [0.717, 1.165) is 23.5 Å². The first kappa shape index (κ1) is 21.4. The number of hydrogen-bond donors (Lipinski definition) is 1. The molecule has 3 rings (SSSR count). The average molecular weight is 414 g/mol. The van der Waals surface area contributed by atoms with Crippen LogP contribution in [0.4, 0.5) is 0 Å². The molecular weight excluding hydrogens is 382 g/mol. The summed E-state index contributed by atoms with van der Waals surface area (Å²) in [6.07, 6.45) is -0.376. The molecule has 2 bridgehead atoms. The van der Waals surface area contributed by atoms with E-state index < -0.39 is 6.10 Å². The van der Waals surface area contributed by atoms with Crippen LogP contribution in [0.25, 0.3) is 0 Å². The zero-order valence-electron chi connectivity index (χ0n) is 16.3. The monoisotopic (exact) mass is 413 g/mol. The molecule has 5 nitrogen and oxygen atoms in total. The molecule has 2 aliphatic heterocycles. The van der Waals surface area contributed by atoms with Gasteiger partial charge in [-0.2, -0.15) is 5.06 Å². The number of likely N-dealkylation sites (N-methyl/N-ethyl adjacent to an activating group) is 1. The van der Waals surface area contributed by atoms with Gasteiger partial charge < -0.3 is 14.6 Å². The molecule has 0 amide bonds. The van der Waals surface area contributed by atoms with Gasteiger partial charge in [-0.15, -0.1) is 23.5 Å². The predicted octanol–water partition coefficient (Wildman–Crippen LogP) is 3.17. The minimum atomic E-state index is -0.638. The largest absolute Gasteiger partial charge is 0.389 e. The lowest BCUT2D eigenvalue weighted by Gasteiger charge is -2.38. The number of hydroxylamine groups is 2. The Labute approximate surface area is 171 Å². The van der Waals surface area contributed by atoms with Gasteiger partial charge in [0.05, 0.1) is 23.8 Å². The second-order valence-electron chi connectivity index (χ2n) is 6.91. The number of ether oxygens (including phenoxy) is 2. The molecule has 0 saturated carbocycles. The van der Waals surface area contributed by atoms with Gasteiger partial charge in [-0.25, -0.2) is 0 Å². The zero-order valence-corrected chi connectivity index (χ0v) is 18.0. The highest BCUT2D eigenvalue weighted by Crippen LogP contribution is 2.36. The number of aliphatic hydroxyl groups excluding tert-OH is 1. The lowest BCUT2D eigenvalue weighted by molar-refractivity contribution is -0.223. The van der Waals surface area contributed by atoms with Crippen molar-refractivity contribution in [3.63, 3.8) is 0 Å². The Morgan fingerprint density at radius 2 is 1.93 bits per heavy atom. The molecule has 1 N–H and O–H groups in total. The minimum absolute atomic E-state index is 0.0190. The predicted molar refractivity (Wildman–Crippen MR) is 112 cm³/mol. The minimum Gasteiger partial charge on any atom is -0.389 e. The molecule has 0 aromatic heterocycles. The van der Waals surface area contributed by atoms with Crippen molar-refractivity contribution in [1.29, 1.82) is 0 Å². The smallest absolute Gasteiger partial charge is 0.113 e. The van der Waals surface area contributed by atoms with Gasteiger partial charge in [0.15, 0.2) is 0 Å². The summed E-state index contributed by atoms with van der Waals surface area (Å²) in [5.74, 6) is 2.00. The van der Waals surface area contributed by atoms with Crippen LogP contribution in [0.15, 0.2) is 30.3 Å². The van der Waals surface area contributed by atoms with Crippen molar-refractivity contribution in [3.05, 3.63) is 35.9 Å². The van der Waals surface area contributed by atoms with Crippen molar-refractivity contribution in [2.24, 2.45) is 0 Å². The first-order valence-electron chi connectivity index (χ1n) is 9.72. The van der Waals surface area contributed by atoms with Crippen molar-refractivity contribution in [2.45, 2.75) is 61.9 Å². The molecule has 0 radical (unpaired) electrons. The molecule has 2 aliphatic rings. The van der Waals surface area contributed by atoms with Gasteiger partial charge in [0.25, 0.3) is 0 Å². The van der Waals surface area contributed by atoms with E-state index in [1.54, 1.807) is 5.06 Å². The molecule has 0 spiro atoms. The molecule has 27 heavy (non-hydrogen) atoms. The Hall–Kier alpha value is -0.280. The van der Waals surface area contributed by atoms with Crippen molar-refractivity contribution in [1.82, 2.24) is 5.06 Å². The molecule has 7 heteroatoms. The third kappa shape index (κ3) is 5.41. The summed E-state index contributed by atoms with van der Waals surface area (Å²) >= 11 is 3.74. The summed E-state index contributed by atoms with van der Waals surface area (Å²) in [7, 11) is 1.90. The fraction of sp³-hybridized carbons (Fsp3) is 0.700. The summed E-state index contributed by atoms with van der Waals surface area (Å²) in [4.78, 5) is 5.75. The van der Waals surface area contributed by atoms with E-state index in [4.69, 9.17) is 14.3 Å². The van der Waals surface area contributed by atoms with Crippen LogP contribution in [0.3, 0.4) is 0 Å². The van der Waals surface area contributed by atoms with Crippen molar-refractivity contribution >= 4 is 23.5 Å². The third-order valence-electron chi connectivity index (χ3n) is 5.03. The number of aliphatic hydroxyl groups is 1. The molecule has 1 aromatic carbocycles. The number of fused-ring (bicyclic) bond motifs is 2. The highest BCUT2D eigenvalue weighted by Gasteiger charge is 2.47. The van der Waals surface area contributed by atoms with Gasteiger partial charge >= 0.3 is 0 Å². The quantitative estimate of drug-likeness (QED) is 0.624. The fourth-order valence-electron chi connectivity index (χ4n) is 3.71. The number of rotatable bonds is 9. The molecule has 1 aromatic rings. The molecule has 0 unspecified atom stereocenters. The second kappa shape index (κ2) is 10.5. The Balaban J connectivity index is 1.78. The Morgan fingerprint density at radius 1 is 1.22 bits per heavy atom. The molecule has 5 atom stereocenters. The van der Waals surface area contributed by atoms with E-state index in [0.29, 0.717) is 13.2 Å². The lowest BCUT2D eigenvalue weighted by Crippen LogP contribution is -2.53. The number of nitrogens with zero attached hydrogens (tertiary/aromatic N) is 1. The van der Waals surface area contributed by atoms with Crippen LogP contribution in [-0.4, -0.2) is 70.4 Å². The lowest BCUT2D eigenvalue weighted by atomic mass is 9.99. The number of thioether (sulfide) groups is 2. The molecule has 0 aliphatic carbocycles. The van der Waals surface area contributed by atoms with Crippen LogP contribution in [0.2, 0.25) is 0 Å². The summed E-state index contributed by atoms with van der Waals surface area (Å²) in [6.45, 7) is 5.34. The van der Waals surface area contributed by atoms with E-state index in [1.165, 1.54) is 0 Å². The van der Waals surface area contributed by atoms with Crippen LogP contribution in [0, 0.1) is 0 Å². The maximum absolute atomic E-state index is 11.1. The van der Waals surface area contributed by atoms with Crippen LogP contribution in [0.1, 0.15) is 25.8 Å². The van der Waals surface area contributed by atoms with E-state index in [2.05, 4.69) is 26.0 Å². The second-order valence-corrected chi connectivity index (χ2v) is 10.0. The normalized spacial score (nSPS) is 29.8. The summed E-state index contributed by atoms with van der Waals surface area (Å²) < 4.78 is 12.8. The van der Waals surface area contributed by atoms with E-state index in [1.807, 2.05) is 48.8 Å². The van der Waals surface area contributed by atoms with E-state index in [9.17, 15) is 5.11 Å². The Morgan fingerprint density at radius 3 is 2.59 bits per heavy atom. The maximum atomic E-state index is 11.1. The SMILES string of the molecule is CCSC(SCC)[C@H](OCc1ccccc1)[C@H]1OC[C@H]2C[C@@H]([C@H]1O)N(C)O2. The van der Waals surface area contributed by atoms with Gasteiger partial charge in [0, 0.05) is 7.05 Å². The first-order valence-corrected chi connectivity index (χ1v) is 11.8. The molecule has 2 heterocycles. The molecule has 2 fully saturated rings. The average Bonchev–Trinajstić information content (AvgIpc) is 2.97. The van der Waals surface area contributed by atoms with Crippen LogP contribution < -0.4 is 0 Å². The topological polar surface area (TPSA) is 51.2 Å². The fourth-order valence-corrected chi connectivity index (χ4v) is 6.42. The summed E-state index contributed by atoms with van der Waals surface area (Å²) in [5, 5.41) is 12.9. The first-order chi connectivity index (χ1) is 13.1. The van der Waals surface area contributed by atoms with Crippen molar-refractivity contribution in [2.75, 3.05) is 25.2 Å². The Kier molecular flexibility index (Phi) is 8.32. The highest BCUT2D eigenvalue weighted by atomic mass is 32.2. The molecule has 152 valence electrons. The zero-order chi connectivity index (χ0) is 19.2. The molecule has 2 saturated heterocycles. The Bertz CT molecular complexity index is 558. The van der Waals surface area contributed by atoms with Crippen molar-refractivity contribution in [3.8, 4) is 0 Å². The maximum Gasteiger partial charge on any atom is 0.113 e. The van der Waals surface area contributed by atoms with Gasteiger partial charge in [0.1, 0.15) is 24.4 Å². The number of hydrogen-bond acceptors (Lipinski definition) is 7.